The minimum absolute atomic E-state index is 0.307. The maximum absolute atomic E-state index is 10.4. The van der Waals surface area contributed by atoms with E-state index in [2.05, 4.69) is 20.1 Å². The fourth-order valence-electron chi connectivity index (χ4n) is 3.23. The number of aromatic amines is 1. The van der Waals surface area contributed by atoms with Crippen LogP contribution in [0.4, 0.5) is 0 Å². The lowest BCUT2D eigenvalue weighted by Crippen LogP contribution is -2.24. The van der Waals surface area contributed by atoms with Crippen molar-refractivity contribution in [1.82, 2.24) is 24.7 Å². The molecule has 0 amide bonds. The highest BCUT2D eigenvalue weighted by Gasteiger charge is 2.20. The molecule has 2 N–H and O–H groups in total. The van der Waals surface area contributed by atoms with Crippen LogP contribution in [0.15, 0.2) is 43.0 Å². The van der Waals surface area contributed by atoms with Gasteiger partial charge in [-0.1, -0.05) is 0 Å². The normalized spacial score (nSPS) is 16.2. The molecule has 1 aromatic carbocycles. The molecule has 3 heterocycles. The van der Waals surface area contributed by atoms with Crippen LogP contribution in [-0.2, 0) is 4.74 Å². The van der Waals surface area contributed by atoms with Gasteiger partial charge in [0.1, 0.15) is 6.10 Å². The molecule has 1 saturated carbocycles. The second-order valence-corrected chi connectivity index (χ2v) is 6.74. The standard InChI is InChI=1S/C19H19N5O2/c25-18(10-26-15-2-1-3-15)12-6-13-9-23-24(19(13)20-8-12)14-4-5-16-17(7-14)22-11-21-16/h4-9,11,15,18,25H,1-3,10H2,(H,21,22)/t18-/m1/s1. The number of H-pyrrole nitrogens is 1. The third-order valence-electron chi connectivity index (χ3n) is 5.00. The fourth-order valence-corrected chi connectivity index (χ4v) is 3.23. The zero-order valence-electron chi connectivity index (χ0n) is 14.2. The van der Waals surface area contributed by atoms with Crippen LogP contribution in [0.1, 0.15) is 30.9 Å². The van der Waals surface area contributed by atoms with Crippen LogP contribution in [0.25, 0.3) is 27.8 Å². The Hall–Kier alpha value is -2.77. The van der Waals surface area contributed by atoms with Gasteiger partial charge in [0, 0.05) is 17.1 Å². The third-order valence-corrected chi connectivity index (χ3v) is 5.00. The Morgan fingerprint density at radius 2 is 2.15 bits per heavy atom. The first-order valence-electron chi connectivity index (χ1n) is 8.85. The van der Waals surface area contributed by atoms with Crippen molar-refractivity contribution in [3.63, 3.8) is 0 Å². The van der Waals surface area contributed by atoms with Crippen molar-refractivity contribution >= 4 is 22.1 Å². The molecule has 4 aromatic rings. The van der Waals surface area contributed by atoms with Crippen molar-refractivity contribution < 1.29 is 9.84 Å². The Balaban J connectivity index is 1.43. The van der Waals surface area contributed by atoms with E-state index in [1.165, 1.54) is 6.42 Å². The molecule has 0 unspecified atom stereocenters. The first-order valence-corrected chi connectivity index (χ1v) is 8.85. The summed E-state index contributed by atoms with van der Waals surface area (Å²) in [6, 6.07) is 7.83. The number of hydrogen-bond donors (Lipinski definition) is 2. The maximum Gasteiger partial charge on any atom is 0.162 e. The van der Waals surface area contributed by atoms with Gasteiger partial charge < -0.3 is 14.8 Å². The minimum atomic E-state index is -0.669. The van der Waals surface area contributed by atoms with Crippen LogP contribution in [-0.4, -0.2) is 42.5 Å². The number of aliphatic hydroxyl groups is 1. The van der Waals surface area contributed by atoms with Crippen molar-refractivity contribution in [2.45, 2.75) is 31.5 Å². The average molecular weight is 349 g/mol. The number of nitrogens with one attached hydrogen (secondary N) is 1. The monoisotopic (exact) mass is 349 g/mol. The summed E-state index contributed by atoms with van der Waals surface area (Å²) >= 11 is 0. The number of pyridine rings is 1. The smallest absolute Gasteiger partial charge is 0.162 e. The van der Waals surface area contributed by atoms with Crippen molar-refractivity contribution in [3.8, 4) is 5.69 Å². The Morgan fingerprint density at radius 1 is 1.23 bits per heavy atom. The van der Waals surface area contributed by atoms with Gasteiger partial charge in [-0.2, -0.15) is 5.10 Å². The zero-order valence-corrected chi connectivity index (χ0v) is 14.2. The molecule has 0 spiro atoms. The van der Waals surface area contributed by atoms with E-state index < -0.39 is 6.10 Å². The van der Waals surface area contributed by atoms with Gasteiger partial charge in [-0.3, -0.25) is 0 Å². The number of hydrogen-bond acceptors (Lipinski definition) is 5. The Kier molecular flexibility index (Phi) is 3.69. The summed E-state index contributed by atoms with van der Waals surface area (Å²) in [5, 5.41) is 15.7. The number of fused-ring (bicyclic) bond motifs is 2. The highest BCUT2D eigenvalue weighted by Crippen LogP contribution is 2.25. The highest BCUT2D eigenvalue weighted by atomic mass is 16.5. The van der Waals surface area contributed by atoms with Crippen molar-refractivity contribution in [2.75, 3.05) is 6.61 Å². The Bertz CT molecular complexity index is 1070. The lowest BCUT2D eigenvalue weighted by atomic mass is 9.96. The highest BCUT2D eigenvalue weighted by molar-refractivity contribution is 5.80. The topological polar surface area (TPSA) is 88.8 Å². The SMILES string of the molecule is O[C@H](COC1CCC1)c1cnc2c(cnn2-c2ccc3nc[nH]c3c2)c1. The van der Waals surface area contributed by atoms with E-state index in [-0.39, 0.29) is 0 Å². The molecule has 5 rings (SSSR count). The Labute approximate surface area is 149 Å². The summed E-state index contributed by atoms with van der Waals surface area (Å²) in [6.45, 7) is 0.308. The van der Waals surface area contributed by atoms with Crippen LogP contribution in [0.5, 0.6) is 0 Å². The predicted molar refractivity (Wildman–Crippen MR) is 97.1 cm³/mol. The first-order chi connectivity index (χ1) is 12.8. The number of imidazole rings is 1. The molecule has 0 aliphatic heterocycles. The van der Waals surface area contributed by atoms with E-state index in [0.717, 1.165) is 46.2 Å². The average Bonchev–Trinajstić information content (AvgIpc) is 3.25. The van der Waals surface area contributed by atoms with E-state index in [4.69, 9.17) is 4.74 Å². The summed E-state index contributed by atoms with van der Waals surface area (Å²) in [7, 11) is 0. The second kappa shape index (κ2) is 6.19. The van der Waals surface area contributed by atoms with E-state index in [1.54, 1.807) is 23.4 Å². The summed E-state index contributed by atoms with van der Waals surface area (Å²) in [5.41, 5.74) is 4.27. The van der Waals surface area contributed by atoms with Gasteiger partial charge in [-0.25, -0.2) is 14.6 Å². The largest absolute Gasteiger partial charge is 0.386 e. The molecule has 132 valence electrons. The lowest BCUT2D eigenvalue weighted by molar-refractivity contribution is -0.0427. The third kappa shape index (κ3) is 2.65. The van der Waals surface area contributed by atoms with Gasteiger partial charge in [0.05, 0.1) is 42.0 Å². The van der Waals surface area contributed by atoms with Crippen LogP contribution in [0.2, 0.25) is 0 Å². The summed E-state index contributed by atoms with van der Waals surface area (Å²) in [5.74, 6) is 0. The van der Waals surface area contributed by atoms with Gasteiger partial charge in [-0.15, -0.1) is 0 Å². The van der Waals surface area contributed by atoms with Crippen LogP contribution < -0.4 is 0 Å². The number of aliphatic hydroxyl groups excluding tert-OH is 1. The van der Waals surface area contributed by atoms with Gasteiger partial charge in [-0.05, 0) is 43.5 Å². The molecule has 1 aliphatic rings. The molecule has 7 nitrogen and oxygen atoms in total. The molecule has 0 saturated heterocycles. The fraction of sp³-hybridized carbons (Fsp3) is 0.316. The number of ether oxygens (including phenoxy) is 1. The Morgan fingerprint density at radius 3 is 3.00 bits per heavy atom. The predicted octanol–water partition coefficient (Wildman–Crippen LogP) is 2.90. The molecule has 7 heteroatoms. The molecular formula is C19H19N5O2. The number of benzene rings is 1. The second-order valence-electron chi connectivity index (χ2n) is 6.74. The maximum atomic E-state index is 10.4. The van der Waals surface area contributed by atoms with E-state index >= 15 is 0 Å². The van der Waals surface area contributed by atoms with E-state index in [0.29, 0.717) is 12.7 Å². The number of nitrogens with zero attached hydrogens (tertiary/aromatic N) is 4. The van der Waals surface area contributed by atoms with Crippen LogP contribution in [0, 0.1) is 0 Å². The summed E-state index contributed by atoms with van der Waals surface area (Å²) in [6.07, 6.45) is 8.19. The molecular weight excluding hydrogens is 330 g/mol. The van der Waals surface area contributed by atoms with Crippen molar-refractivity contribution in [1.29, 1.82) is 0 Å². The van der Waals surface area contributed by atoms with E-state index in [9.17, 15) is 5.11 Å². The zero-order chi connectivity index (χ0) is 17.5. The van der Waals surface area contributed by atoms with Crippen LogP contribution in [0.3, 0.4) is 0 Å². The van der Waals surface area contributed by atoms with E-state index in [1.807, 2.05) is 24.3 Å². The summed E-state index contributed by atoms with van der Waals surface area (Å²) < 4.78 is 7.49. The first kappa shape index (κ1) is 15.5. The number of rotatable bonds is 5. The quantitative estimate of drug-likeness (QED) is 0.578. The van der Waals surface area contributed by atoms with Gasteiger partial charge >= 0.3 is 0 Å². The van der Waals surface area contributed by atoms with Gasteiger partial charge in [0.15, 0.2) is 5.65 Å². The molecule has 26 heavy (non-hydrogen) atoms. The van der Waals surface area contributed by atoms with Crippen molar-refractivity contribution in [2.24, 2.45) is 0 Å². The molecule has 1 aliphatic carbocycles. The lowest BCUT2D eigenvalue weighted by Gasteiger charge is -2.26. The molecule has 3 aromatic heterocycles. The minimum Gasteiger partial charge on any atom is -0.386 e. The van der Waals surface area contributed by atoms with Crippen LogP contribution >= 0.6 is 0 Å². The van der Waals surface area contributed by atoms with Crippen molar-refractivity contribution in [3.05, 3.63) is 48.5 Å². The number of aromatic nitrogens is 5. The molecule has 0 radical (unpaired) electrons. The van der Waals surface area contributed by atoms with Gasteiger partial charge in [0.25, 0.3) is 0 Å². The molecule has 1 fully saturated rings. The van der Waals surface area contributed by atoms with Gasteiger partial charge in [0.2, 0.25) is 0 Å². The molecule has 1 atom stereocenters. The molecule has 0 bridgehead atoms. The summed E-state index contributed by atoms with van der Waals surface area (Å²) in [4.78, 5) is 11.9.